The van der Waals surface area contributed by atoms with Gasteiger partial charge in [-0.1, -0.05) is 20.8 Å². The Kier molecular flexibility index (Phi) is 2.33. The van der Waals surface area contributed by atoms with Crippen LogP contribution in [0.4, 0.5) is 0 Å². The normalized spacial score (nSPS) is 41.6. The number of hydrogen-bond donors (Lipinski definition) is 1. The van der Waals surface area contributed by atoms with Crippen LogP contribution in [0, 0.1) is 17.3 Å². The van der Waals surface area contributed by atoms with E-state index in [9.17, 15) is 0 Å². The van der Waals surface area contributed by atoms with Gasteiger partial charge >= 0.3 is 0 Å². The van der Waals surface area contributed by atoms with Crippen molar-refractivity contribution in [1.82, 2.24) is 5.32 Å². The van der Waals surface area contributed by atoms with E-state index in [0.29, 0.717) is 5.41 Å². The molecule has 3 atom stereocenters. The summed E-state index contributed by atoms with van der Waals surface area (Å²) in [6.45, 7) is 13.9. The molecule has 1 N–H and O–H groups in total. The first-order valence-electron chi connectivity index (χ1n) is 5.76. The lowest BCUT2D eigenvalue weighted by Gasteiger charge is -2.26. The third-order valence-electron chi connectivity index (χ3n) is 3.60. The van der Waals surface area contributed by atoms with Gasteiger partial charge in [-0.15, -0.1) is 0 Å². The summed E-state index contributed by atoms with van der Waals surface area (Å²) in [7, 11) is -0.899. The minimum Gasteiger partial charge on any atom is -0.413 e. The van der Waals surface area contributed by atoms with Crippen LogP contribution in [0.1, 0.15) is 20.8 Å². The molecule has 14 heavy (non-hydrogen) atoms. The summed E-state index contributed by atoms with van der Waals surface area (Å²) in [5, 5.41) is 3.47. The Labute approximate surface area is 89.1 Å². The van der Waals surface area contributed by atoms with Crippen LogP contribution >= 0.6 is 0 Å². The van der Waals surface area contributed by atoms with Crippen LogP contribution in [-0.2, 0) is 4.43 Å². The molecule has 2 nitrogen and oxygen atoms in total. The Morgan fingerprint density at radius 3 is 2.43 bits per heavy atom. The number of nitrogens with one attached hydrogen (secondary N) is 1. The fraction of sp³-hybridized carbons (Fsp3) is 1.00. The van der Waals surface area contributed by atoms with Crippen LogP contribution in [0.5, 0.6) is 0 Å². The molecule has 0 aromatic carbocycles. The third-order valence-corrected chi connectivity index (χ3v) is 4.51. The Hall–Kier alpha value is 0.137. The van der Waals surface area contributed by atoms with Gasteiger partial charge in [-0.25, -0.2) is 0 Å². The smallest absolute Gasteiger partial charge is 0.171 e. The first-order chi connectivity index (χ1) is 6.38. The lowest BCUT2D eigenvalue weighted by Crippen LogP contribution is -2.35. The highest BCUT2D eigenvalue weighted by Crippen LogP contribution is 2.63. The summed E-state index contributed by atoms with van der Waals surface area (Å²) >= 11 is 0. The molecular formula is C11H23NOSi. The number of fused-ring (bicyclic) bond motifs is 1. The zero-order valence-electron chi connectivity index (χ0n) is 10.1. The summed E-state index contributed by atoms with van der Waals surface area (Å²) in [6.07, 6.45) is 0. The largest absolute Gasteiger partial charge is 0.413 e. The first-order valence-corrected chi connectivity index (χ1v) is 8.54. The quantitative estimate of drug-likeness (QED) is 0.704. The van der Waals surface area contributed by atoms with Gasteiger partial charge < -0.3 is 9.74 Å². The van der Waals surface area contributed by atoms with Crippen molar-refractivity contribution in [3.8, 4) is 0 Å². The van der Waals surface area contributed by atoms with Crippen LogP contribution in [0.15, 0.2) is 0 Å². The molecule has 0 bridgehead atoms. The van der Waals surface area contributed by atoms with Gasteiger partial charge in [0.2, 0.25) is 0 Å². The van der Waals surface area contributed by atoms with Gasteiger partial charge in [0.25, 0.3) is 0 Å². The molecule has 82 valence electrons. The molecule has 0 unspecified atom stereocenters. The second-order valence-electron chi connectivity index (χ2n) is 6.20. The fourth-order valence-electron chi connectivity index (χ4n) is 3.42. The molecule has 0 aromatic heterocycles. The molecule has 1 aliphatic carbocycles. The van der Waals surface area contributed by atoms with Crippen molar-refractivity contribution in [2.45, 2.75) is 39.5 Å². The number of hydrogen-bond acceptors (Lipinski definition) is 2. The van der Waals surface area contributed by atoms with Crippen molar-refractivity contribution in [3.05, 3.63) is 0 Å². The van der Waals surface area contributed by atoms with Crippen molar-refractivity contribution in [3.63, 3.8) is 0 Å². The van der Waals surface area contributed by atoms with E-state index >= 15 is 0 Å². The molecule has 0 radical (unpaired) electrons. The van der Waals surface area contributed by atoms with Crippen molar-refractivity contribution >= 4 is 9.04 Å². The van der Waals surface area contributed by atoms with Crippen LogP contribution in [0.25, 0.3) is 0 Å². The van der Waals surface area contributed by atoms with Crippen molar-refractivity contribution in [2.75, 3.05) is 13.1 Å². The lowest BCUT2D eigenvalue weighted by atomic mass is 9.86. The van der Waals surface area contributed by atoms with Crippen molar-refractivity contribution in [2.24, 2.45) is 17.3 Å². The van der Waals surface area contributed by atoms with Crippen LogP contribution < -0.4 is 5.32 Å². The second-order valence-corrected chi connectivity index (χ2v) is 8.54. The molecule has 1 saturated heterocycles. The molecule has 1 aliphatic heterocycles. The molecular weight excluding hydrogens is 190 g/mol. The molecule has 2 aliphatic rings. The summed E-state index contributed by atoms with van der Waals surface area (Å²) in [5.41, 5.74) is 0.648. The molecule has 2 fully saturated rings. The van der Waals surface area contributed by atoms with E-state index in [-0.39, 0.29) is 5.60 Å². The molecule has 0 spiro atoms. The Balaban J connectivity index is 2.11. The maximum absolute atomic E-state index is 6.29. The van der Waals surface area contributed by atoms with Crippen molar-refractivity contribution in [1.29, 1.82) is 0 Å². The maximum Gasteiger partial charge on any atom is 0.171 e. The van der Waals surface area contributed by atoms with Crippen molar-refractivity contribution < 1.29 is 4.43 Å². The summed E-state index contributed by atoms with van der Waals surface area (Å²) < 4.78 is 6.29. The van der Waals surface area contributed by atoms with Gasteiger partial charge in [-0.2, -0.15) is 0 Å². The number of piperidine rings is 1. The predicted octanol–water partition coefficient (Wildman–Crippen LogP) is 1.62. The minimum atomic E-state index is -0.899. The summed E-state index contributed by atoms with van der Waals surface area (Å²) in [4.78, 5) is 0. The highest BCUT2D eigenvalue weighted by atomic mass is 28.3. The van der Waals surface area contributed by atoms with Crippen LogP contribution in [-0.4, -0.2) is 27.7 Å². The third kappa shape index (κ3) is 1.46. The summed E-state index contributed by atoms with van der Waals surface area (Å²) in [5.74, 6) is 1.57. The Morgan fingerprint density at radius 2 is 2.00 bits per heavy atom. The van der Waals surface area contributed by atoms with E-state index in [1.165, 1.54) is 6.54 Å². The van der Waals surface area contributed by atoms with E-state index in [0.717, 1.165) is 18.4 Å². The monoisotopic (exact) mass is 213 g/mol. The standard InChI is InChI=1S/C11H23NOSi/c1-10(2,3)9-8-6-12-7-11(8,9)13-14(4)5/h8-9,12,14H,6-7H2,1-5H3/t8-,9+,11+/m0/s1. The molecule has 1 saturated carbocycles. The van der Waals surface area contributed by atoms with Gasteiger partial charge in [0.05, 0.1) is 5.60 Å². The van der Waals surface area contributed by atoms with E-state index in [1.807, 2.05) is 0 Å². The average molecular weight is 213 g/mol. The number of rotatable bonds is 2. The summed E-state index contributed by atoms with van der Waals surface area (Å²) in [6, 6.07) is 0. The molecule has 1 heterocycles. The fourth-order valence-corrected chi connectivity index (χ4v) is 4.71. The van der Waals surface area contributed by atoms with Gasteiger partial charge in [0, 0.05) is 19.0 Å². The van der Waals surface area contributed by atoms with E-state index in [2.05, 4.69) is 39.2 Å². The highest BCUT2D eigenvalue weighted by molar-refractivity contribution is 6.48. The van der Waals surface area contributed by atoms with E-state index < -0.39 is 9.04 Å². The molecule has 0 aromatic rings. The average Bonchev–Trinajstić information content (AvgIpc) is 2.41. The minimum absolute atomic E-state index is 0.235. The van der Waals surface area contributed by atoms with Crippen LogP contribution in [0.2, 0.25) is 13.1 Å². The Morgan fingerprint density at radius 1 is 1.36 bits per heavy atom. The molecule has 3 heteroatoms. The highest BCUT2D eigenvalue weighted by Gasteiger charge is 2.71. The molecule has 2 rings (SSSR count). The lowest BCUT2D eigenvalue weighted by molar-refractivity contribution is 0.133. The maximum atomic E-state index is 6.29. The van der Waals surface area contributed by atoms with Gasteiger partial charge in [-0.05, 0) is 24.4 Å². The van der Waals surface area contributed by atoms with E-state index in [4.69, 9.17) is 4.43 Å². The topological polar surface area (TPSA) is 21.3 Å². The first kappa shape index (κ1) is 10.6. The SMILES string of the molecule is C[SiH](C)O[C@]12CNC[C@H]1[C@@H]2C(C)(C)C. The van der Waals surface area contributed by atoms with E-state index in [1.54, 1.807) is 0 Å². The predicted molar refractivity (Wildman–Crippen MR) is 62.0 cm³/mol. The van der Waals surface area contributed by atoms with Gasteiger partial charge in [0.1, 0.15) is 0 Å². The second kappa shape index (κ2) is 3.06. The zero-order chi connectivity index (χ0) is 10.6. The van der Waals surface area contributed by atoms with Crippen LogP contribution in [0.3, 0.4) is 0 Å². The van der Waals surface area contributed by atoms with Gasteiger partial charge in [-0.3, -0.25) is 0 Å². The molecule has 0 amide bonds. The zero-order valence-corrected chi connectivity index (χ0v) is 11.2. The Bertz CT molecular complexity index is 236. The van der Waals surface area contributed by atoms with Gasteiger partial charge in [0.15, 0.2) is 9.04 Å².